The number of hydrogen-bond donors (Lipinski definition) is 2. The lowest BCUT2D eigenvalue weighted by molar-refractivity contribution is 0.0464. The predicted molar refractivity (Wildman–Crippen MR) is 68.8 cm³/mol. The lowest BCUT2D eigenvalue weighted by Gasteiger charge is -2.36. The Morgan fingerprint density at radius 3 is 2.00 bits per heavy atom. The van der Waals surface area contributed by atoms with E-state index in [-0.39, 0.29) is 24.3 Å². The van der Waals surface area contributed by atoms with Crippen LogP contribution >= 0.6 is 0 Å². The Morgan fingerprint density at radius 2 is 1.53 bits per heavy atom. The zero-order chi connectivity index (χ0) is 14.0. The van der Waals surface area contributed by atoms with Crippen molar-refractivity contribution in [1.29, 1.82) is 0 Å². The number of nitrogens with one attached hydrogen (secondary N) is 2. The minimum atomic E-state index is -0.487. The van der Waals surface area contributed by atoms with E-state index < -0.39 is 11.7 Å². The fourth-order valence-electron chi connectivity index (χ4n) is 1.87. The molecule has 2 amide bonds. The van der Waals surface area contributed by atoms with E-state index >= 15 is 0 Å². The second-order valence-corrected chi connectivity index (χ2v) is 6.26. The lowest BCUT2D eigenvalue weighted by Crippen LogP contribution is -2.54. The van der Waals surface area contributed by atoms with Gasteiger partial charge in [0.1, 0.15) is 11.7 Å². The molecule has 2 saturated carbocycles. The van der Waals surface area contributed by atoms with Gasteiger partial charge in [0.15, 0.2) is 0 Å². The van der Waals surface area contributed by atoms with Gasteiger partial charge < -0.3 is 20.1 Å². The van der Waals surface area contributed by atoms with Crippen LogP contribution in [-0.2, 0) is 9.47 Å². The second-order valence-electron chi connectivity index (χ2n) is 6.26. The summed E-state index contributed by atoms with van der Waals surface area (Å²) in [5.41, 5.74) is -0.487. The van der Waals surface area contributed by atoms with Gasteiger partial charge in [-0.2, -0.15) is 0 Å². The molecule has 0 aromatic rings. The van der Waals surface area contributed by atoms with Gasteiger partial charge in [0.25, 0.3) is 0 Å². The van der Waals surface area contributed by atoms with Gasteiger partial charge in [-0.3, -0.25) is 0 Å². The summed E-state index contributed by atoms with van der Waals surface area (Å²) >= 11 is 0. The molecule has 6 heteroatoms. The molecule has 0 saturated heterocycles. The topological polar surface area (TPSA) is 76.7 Å². The summed E-state index contributed by atoms with van der Waals surface area (Å²) in [7, 11) is 0. The zero-order valence-electron chi connectivity index (χ0n) is 11.7. The van der Waals surface area contributed by atoms with Crippen LogP contribution in [-0.4, -0.2) is 36.0 Å². The molecule has 2 aliphatic rings. The van der Waals surface area contributed by atoms with Crippen LogP contribution in [0.1, 0.15) is 46.5 Å². The van der Waals surface area contributed by atoms with Gasteiger partial charge in [-0.05, 0) is 46.5 Å². The highest BCUT2D eigenvalue weighted by Crippen LogP contribution is 2.25. The van der Waals surface area contributed by atoms with Crippen molar-refractivity contribution >= 4 is 12.2 Å². The Morgan fingerprint density at radius 1 is 1.00 bits per heavy atom. The van der Waals surface area contributed by atoms with E-state index in [2.05, 4.69) is 10.6 Å². The molecule has 0 atom stereocenters. The van der Waals surface area contributed by atoms with Crippen molar-refractivity contribution in [3.8, 4) is 0 Å². The summed E-state index contributed by atoms with van der Waals surface area (Å²) in [5, 5.41) is 5.56. The Bertz CT molecular complexity index is 354. The first kappa shape index (κ1) is 14.0. The molecular formula is C13H22N2O4. The van der Waals surface area contributed by atoms with E-state index in [1.165, 1.54) is 0 Å². The molecule has 0 spiro atoms. The highest BCUT2D eigenvalue weighted by atomic mass is 16.6. The van der Waals surface area contributed by atoms with E-state index in [0.29, 0.717) is 0 Å². The second kappa shape index (κ2) is 5.27. The van der Waals surface area contributed by atoms with Crippen molar-refractivity contribution in [3.05, 3.63) is 0 Å². The first-order valence-electron chi connectivity index (χ1n) is 6.78. The van der Waals surface area contributed by atoms with Crippen LogP contribution < -0.4 is 10.6 Å². The largest absolute Gasteiger partial charge is 0.446 e. The van der Waals surface area contributed by atoms with E-state index in [1.807, 2.05) is 20.8 Å². The fourth-order valence-corrected chi connectivity index (χ4v) is 1.87. The monoisotopic (exact) mass is 270 g/mol. The highest BCUT2D eigenvalue weighted by molar-refractivity contribution is 5.69. The third-order valence-corrected chi connectivity index (χ3v) is 2.98. The molecule has 2 rings (SSSR count). The quantitative estimate of drug-likeness (QED) is 0.821. The summed E-state index contributed by atoms with van der Waals surface area (Å²) in [6.45, 7) is 5.47. The summed E-state index contributed by atoms with van der Waals surface area (Å²) in [5.74, 6) is 0. The van der Waals surface area contributed by atoms with Gasteiger partial charge in [-0.1, -0.05) is 0 Å². The predicted octanol–water partition coefficient (Wildman–Crippen LogP) is 1.93. The number of hydrogen-bond acceptors (Lipinski definition) is 4. The molecule has 0 radical (unpaired) electrons. The third kappa shape index (κ3) is 4.96. The maximum absolute atomic E-state index is 11.5. The maximum atomic E-state index is 11.5. The summed E-state index contributed by atoms with van der Waals surface area (Å²) in [4.78, 5) is 22.9. The molecule has 2 aliphatic carbocycles. The summed E-state index contributed by atoms with van der Waals surface area (Å²) in [6, 6.07) is 0.160. The molecule has 108 valence electrons. The average Bonchev–Trinajstić information content (AvgIpc) is 2.94. The molecule has 0 aliphatic heterocycles. The minimum absolute atomic E-state index is 0.0704. The first-order chi connectivity index (χ1) is 8.82. The molecule has 0 aromatic carbocycles. The molecule has 2 N–H and O–H groups in total. The number of ether oxygens (including phenoxy) is 2. The van der Waals surface area contributed by atoms with Crippen molar-refractivity contribution in [2.45, 2.75) is 70.2 Å². The molecule has 0 unspecified atom stereocenters. The number of carbonyl (C=O) groups excluding carboxylic acids is 2. The number of carbonyl (C=O) groups is 2. The normalized spacial score (nSPS) is 26.1. The SMILES string of the molecule is CC(C)(C)OC(=O)NC1CC(NC(=O)OC2CC2)C1. The summed E-state index contributed by atoms with van der Waals surface area (Å²) in [6.07, 6.45) is 2.76. The Balaban J connectivity index is 1.57. The highest BCUT2D eigenvalue weighted by Gasteiger charge is 2.34. The van der Waals surface area contributed by atoms with E-state index in [9.17, 15) is 9.59 Å². The van der Waals surface area contributed by atoms with Gasteiger partial charge in [-0.25, -0.2) is 9.59 Å². The van der Waals surface area contributed by atoms with Gasteiger partial charge in [0.05, 0.1) is 0 Å². The van der Waals surface area contributed by atoms with Crippen LogP contribution in [0.5, 0.6) is 0 Å². The van der Waals surface area contributed by atoms with E-state index in [1.54, 1.807) is 0 Å². The van der Waals surface area contributed by atoms with Crippen LogP contribution in [0.2, 0.25) is 0 Å². The number of alkyl carbamates (subject to hydrolysis) is 2. The molecule has 19 heavy (non-hydrogen) atoms. The van der Waals surface area contributed by atoms with Crippen LogP contribution in [0.3, 0.4) is 0 Å². The van der Waals surface area contributed by atoms with Crippen LogP contribution in [0.15, 0.2) is 0 Å². The molecule has 0 aromatic heterocycles. The van der Waals surface area contributed by atoms with E-state index in [4.69, 9.17) is 9.47 Å². The molecule has 6 nitrogen and oxygen atoms in total. The lowest BCUT2D eigenvalue weighted by atomic mass is 9.87. The van der Waals surface area contributed by atoms with Gasteiger partial charge in [0, 0.05) is 12.1 Å². The molecule has 0 bridgehead atoms. The Labute approximate surface area is 113 Å². The number of amides is 2. The molecule has 0 heterocycles. The maximum Gasteiger partial charge on any atom is 0.407 e. The molecule has 2 fully saturated rings. The fraction of sp³-hybridized carbons (Fsp3) is 0.846. The van der Waals surface area contributed by atoms with E-state index in [0.717, 1.165) is 25.7 Å². The Kier molecular flexibility index (Phi) is 3.87. The third-order valence-electron chi connectivity index (χ3n) is 2.98. The average molecular weight is 270 g/mol. The molecular weight excluding hydrogens is 248 g/mol. The van der Waals surface area contributed by atoms with Crippen LogP contribution in [0, 0.1) is 0 Å². The summed E-state index contributed by atoms with van der Waals surface area (Å²) < 4.78 is 10.2. The van der Waals surface area contributed by atoms with Gasteiger partial charge in [0.2, 0.25) is 0 Å². The first-order valence-corrected chi connectivity index (χ1v) is 6.78. The van der Waals surface area contributed by atoms with Crippen molar-refractivity contribution in [3.63, 3.8) is 0 Å². The Hall–Kier alpha value is -1.46. The zero-order valence-corrected chi connectivity index (χ0v) is 11.7. The standard InChI is InChI=1S/C13H22N2O4/c1-13(2,3)19-12(17)15-9-6-8(7-9)14-11(16)18-10-4-5-10/h8-10H,4-7H2,1-3H3,(H,14,16)(H,15,17). The minimum Gasteiger partial charge on any atom is -0.446 e. The smallest absolute Gasteiger partial charge is 0.407 e. The van der Waals surface area contributed by atoms with Gasteiger partial charge in [-0.15, -0.1) is 0 Å². The van der Waals surface area contributed by atoms with Crippen molar-refractivity contribution in [2.75, 3.05) is 0 Å². The van der Waals surface area contributed by atoms with Crippen LogP contribution in [0.25, 0.3) is 0 Å². The van der Waals surface area contributed by atoms with Crippen LogP contribution in [0.4, 0.5) is 9.59 Å². The van der Waals surface area contributed by atoms with Crippen molar-refractivity contribution in [2.24, 2.45) is 0 Å². The van der Waals surface area contributed by atoms with Crippen molar-refractivity contribution in [1.82, 2.24) is 10.6 Å². The van der Waals surface area contributed by atoms with Crippen molar-refractivity contribution < 1.29 is 19.1 Å². The van der Waals surface area contributed by atoms with Gasteiger partial charge >= 0.3 is 12.2 Å². The number of rotatable bonds is 3.